The van der Waals surface area contributed by atoms with E-state index in [1.54, 1.807) is 6.92 Å². The number of rotatable bonds is 3. The van der Waals surface area contributed by atoms with Crippen molar-refractivity contribution in [3.8, 4) is 0 Å². The molecule has 0 amide bonds. The number of nitrogens with zero attached hydrogens (tertiary/aromatic N) is 1. The van der Waals surface area contributed by atoms with Gasteiger partial charge in [-0.3, -0.25) is 4.98 Å². The van der Waals surface area contributed by atoms with Crippen molar-refractivity contribution in [1.82, 2.24) is 4.98 Å². The number of hydrogen-bond acceptors (Lipinski definition) is 2. The van der Waals surface area contributed by atoms with Crippen molar-refractivity contribution in [2.75, 3.05) is 6.61 Å². The van der Waals surface area contributed by atoms with Gasteiger partial charge in [-0.05, 0) is 19.1 Å². The van der Waals surface area contributed by atoms with Gasteiger partial charge in [-0.25, -0.2) is 0 Å². The molecule has 1 heterocycles. The van der Waals surface area contributed by atoms with Gasteiger partial charge in [0.1, 0.15) is 0 Å². The predicted molar refractivity (Wildman–Crippen MR) is 48.7 cm³/mol. The molecule has 0 fully saturated rings. The minimum absolute atomic E-state index is 0.0327. The third kappa shape index (κ3) is 3.27. The van der Waals surface area contributed by atoms with Crippen molar-refractivity contribution in [2.45, 2.75) is 13.1 Å². The molecule has 0 saturated carbocycles. The van der Waals surface area contributed by atoms with Crippen LogP contribution in [0.15, 0.2) is 18.5 Å². The van der Waals surface area contributed by atoms with Gasteiger partial charge >= 0.3 is 6.18 Å². The van der Waals surface area contributed by atoms with Gasteiger partial charge in [0.25, 0.3) is 0 Å². The second-order valence-electron chi connectivity index (χ2n) is 2.66. The van der Waals surface area contributed by atoms with Crippen molar-refractivity contribution >= 4 is 6.08 Å². The summed E-state index contributed by atoms with van der Waals surface area (Å²) >= 11 is 0. The zero-order chi connectivity index (χ0) is 11.3. The van der Waals surface area contributed by atoms with Crippen molar-refractivity contribution in [3.05, 3.63) is 35.8 Å². The lowest BCUT2D eigenvalue weighted by Gasteiger charge is -2.08. The van der Waals surface area contributed by atoms with E-state index in [1.807, 2.05) is 0 Å². The fourth-order valence-electron chi connectivity index (χ4n) is 0.957. The SMILES string of the molecule is CCO/C=C/c1cn[c]cc1C(F)(F)F. The second-order valence-corrected chi connectivity index (χ2v) is 2.66. The summed E-state index contributed by atoms with van der Waals surface area (Å²) in [6.07, 6.45) is 1.30. The van der Waals surface area contributed by atoms with Crippen LogP contribution in [0.4, 0.5) is 13.2 Å². The number of aromatic nitrogens is 1. The Morgan fingerprint density at radius 1 is 1.53 bits per heavy atom. The topological polar surface area (TPSA) is 22.1 Å². The summed E-state index contributed by atoms with van der Waals surface area (Å²) in [5, 5.41) is 0. The predicted octanol–water partition coefficient (Wildman–Crippen LogP) is 2.91. The highest BCUT2D eigenvalue weighted by molar-refractivity contribution is 5.52. The van der Waals surface area contributed by atoms with Crippen LogP contribution >= 0.6 is 0 Å². The fraction of sp³-hybridized carbons (Fsp3) is 0.300. The van der Waals surface area contributed by atoms with E-state index in [-0.39, 0.29) is 5.56 Å². The molecule has 0 aliphatic rings. The van der Waals surface area contributed by atoms with Gasteiger partial charge in [-0.15, -0.1) is 0 Å². The fourth-order valence-corrected chi connectivity index (χ4v) is 0.957. The van der Waals surface area contributed by atoms with Crippen LogP contribution in [0, 0.1) is 6.20 Å². The molecule has 0 aromatic carbocycles. The lowest BCUT2D eigenvalue weighted by Crippen LogP contribution is -2.07. The molecule has 0 atom stereocenters. The normalized spacial score (nSPS) is 12.0. The summed E-state index contributed by atoms with van der Waals surface area (Å²) in [7, 11) is 0. The van der Waals surface area contributed by atoms with E-state index in [9.17, 15) is 13.2 Å². The Labute approximate surface area is 85.4 Å². The Hall–Kier alpha value is -1.52. The number of pyridine rings is 1. The summed E-state index contributed by atoms with van der Waals surface area (Å²) in [5.41, 5.74) is -0.803. The van der Waals surface area contributed by atoms with Crippen LogP contribution in [0.2, 0.25) is 0 Å². The van der Waals surface area contributed by atoms with Crippen LogP contribution in [0.5, 0.6) is 0 Å². The highest BCUT2D eigenvalue weighted by Crippen LogP contribution is 2.31. The Morgan fingerprint density at radius 3 is 2.87 bits per heavy atom. The monoisotopic (exact) mass is 216 g/mol. The van der Waals surface area contributed by atoms with E-state index in [1.165, 1.54) is 12.3 Å². The molecule has 0 bridgehead atoms. The van der Waals surface area contributed by atoms with E-state index >= 15 is 0 Å². The molecule has 5 heteroatoms. The molecule has 81 valence electrons. The molecule has 0 aliphatic heterocycles. The average Bonchev–Trinajstić information content (AvgIpc) is 2.17. The Balaban J connectivity index is 2.97. The molecule has 1 aromatic heterocycles. The Bertz CT molecular complexity index is 347. The van der Waals surface area contributed by atoms with Crippen molar-refractivity contribution in [2.24, 2.45) is 0 Å². The van der Waals surface area contributed by atoms with Crippen molar-refractivity contribution in [3.63, 3.8) is 0 Å². The third-order valence-corrected chi connectivity index (χ3v) is 1.61. The van der Waals surface area contributed by atoms with E-state index < -0.39 is 11.7 Å². The molecule has 2 nitrogen and oxygen atoms in total. The number of alkyl halides is 3. The summed E-state index contributed by atoms with van der Waals surface area (Å²) in [6, 6.07) is 0.811. The minimum Gasteiger partial charge on any atom is -0.501 e. The number of halogens is 3. The zero-order valence-corrected chi connectivity index (χ0v) is 8.01. The summed E-state index contributed by atoms with van der Waals surface area (Å²) in [5.74, 6) is 0. The Morgan fingerprint density at radius 2 is 2.27 bits per heavy atom. The van der Waals surface area contributed by atoms with E-state index in [4.69, 9.17) is 4.74 Å². The highest BCUT2D eigenvalue weighted by atomic mass is 19.4. The van der Waals surface area contributed by atoms with Crippen LogP contribution in [0.3, 0.4) is 0 Å². The van der Waals surface area contributed by atoms with Crippen LogP contribution in [-0.4, -0.2) is 11.6 Å². The molecule has 0 spiro atoms. The highest BCUT2D eigenvalue weighted by Gasteiger charge is 2.32. The van der Waals surface area contributed by atoms with Crippen LogP contribution in [-0.2, 0) is 10.9 Å². The van der Waals surface area contributed by atoms with Gasteiger partial charge in [-0.1, -0.05) is 0 Å². The van der Waals surface area contributed by atoms with Crippen LogP contribution < -0.4 is 0 Å². The third-order valence-electron chi connectivity index (χ3n) is 1.61. The molecule has 1 aromatic rings. The van der Waals surface area contributed by atoms with Crippen molar-refractivity contribution in [1.29, 1.82) is 0 Å². The molecule has 0 N–H and O–H groups in total. The van der Waals surface area contributed by atoms with Gasteiger partial charge in [0.05, 0.1) is 24.6 Å². The molecule has 0 aliphatic carbocycles. The summed E-state index contributed by atoms with van der Waals surface area (Å²) < 4.78 is 42.1. The molecule has 1 rings (SSSR count). The van der Waals surface area contributed by atoms with Crippen LogP contribution in [0.25, 0.3) is 6.08 Å². The standard InChI is InChI=1S/C10H9F3NO/c1-2-15-6-4-8-7-14-5-3-9(8)10(11,12)13/h3-4,6-7H,2H2,1H3/b6-4+. The number of hydrogen-bond donors (Lipinski definition) is 0. The zero-order valence-electron chi connectivity index (χ0n) is 8.01. The van der Waals surface area contributed by atoms with E-state index in [2.05, 4.69) is 11.2 Å². The maximum absolute atomic E-state index is 12.4. The Kier molecular flexibility index (Phi) is 3.71. The maximum Gasteiger partial charge on any atom is 0.417 e. The van der Waals surface area contributed by atoms with Crippen molar-refractivity contribution < 1.29 is 17.9 Å². The maximum atomic E-state index is 12.4. The van der Waals surface area contributed by atoms with Gasteiger partial charge in [0.15, 0.2) is 0 Å². The first-order valence-electron chi connectivity index (χ1n) is 4.27. The largest absolute Gasteiger partial charge is 0.501 e. The molecule has 15 heavy (non-hydrogen) atoms. The first kappa shape index (κ1) is 11.6. The second kappa shape index (κ2) is 4.82. The quantitative estimate of drug-likeness (QED) is 0.725. The summed E-state index contributed by atoms with van der Waals surface area (Å²) in [4.78, 5) is 3.51. The van der Waals surface area contributed by atoms with E-state index in [0.717, 1.165) is 12.3 Å². The lowest BCUT2D eigenvalue weighted by atomic mass is 10.1. The summed E-state index contributed by atoms with van der Waals surface area (Å²) in [6.45, 7) is 2.15. The minimum atomic E-state index is -4.40. The first-order chi connectivity index (χ1) is 7.05. The molecular formula is C10H9F3NO. The van der Waals surface area contributed by atoms with Gasteiger partial charge in [0.2, 0.25) is 0 Å². The van der Waals surface area contributed by atoms with Gasteiger partial charge in [-0.2, -0.15) is 13.2 Å². The molecule has 1 radical (unpaired) electrons. The smallest absolute Gasteiger partial charge is 0.417 e. The first-order valence-corrected chi connectivity index (χ1v) is 4.27. The average molecular weight is 216 g/mol. The van der Waals surface area contributed by atoms with Crippen LogP contribution in [0.1, 0.15) is 18.1 Å². The molecular weight excluding hydrogens is 207 g/mol. The number of ether oxygens (including phenoxy) is 1. The van der Waals surface area contributed by atoms with Gasteiger partial charge < -0.3 is 4.74 Å². The van der Waals surface area contributed by atoms with Gasteiger partial charge in [0, 0.05) is 11.8 Å². The molecule has 0 saturated heterocycles. The van der Waals surface area contributed by atoms with E-state index in [0.29, 0.717) is 6.61 Å². The lowest BCUT2D eigenvalue weighted by molar-refractivity contribution is -0.137. The molecule has 0 unspecified atom stereocenters.